The number of para-hydroxylation sites is 1. The molecule has 0 atom stereocenters. The van der Waals surface area contributed by atoms with Crippen LogP contribution in [-0.2, 0) is 13.0 Å². The van der Waals surface area contributed by atoms with Crippen molar-refractivity contribution in [3.8, 4) is 0 Å². The summed E-state index contributed by atoms with van der Waals surface area (Å²) < 4.78 is 0. The predicted molar refractivity (Wildman–Crippen MR) is 118 cm³/mol. The highest BCUT2D eigenvalue weighted by atomic mass is 16.2. The van der Waals surface area contributed by atoms with Crippen molar-refractivity contribution >= 4 is 17.4 Å². The summed E-state index contributed by atoms with van der Waals surface area (Å²) in [5, 5.41) is 0. The Bertz CT molecular complexity index is 1010. The second kappa shape index (κ2) is 8.24. The Balaban J connectivity index is 1.20. The number of pyridine rings is 2. The summed E-state index contributed by atoms with van der Waals surface area (Å²) in [7, 11) is 0. The minimum Gasteiger partial charge on any atom is -0.354 e. The van der Waals surface area contributed by atoms with Gasteiger partial charge >= 0.3 is 0 Å². The van der Waals surface area contributed by atoms with Crippen LogP contribution in [0.1, 0.15) is 21.6 Å². The number of carbonyl (C=O) groups is 1. The van der Waals surface area contributed by atoms with Crippen LogP contribution >= 0.6 is 0 Å². The van der Waals surface area contributed by atoms with Gasteiger partial charge in [0, 0.05) is 57.3 Å². The fourth-order valence-electron chi connectivity index (χ4n) is 4.26. The zero-order valence-electron chi connectivity index (χ0n) is 16.9. The molecule has 0 bridgehead atoms. The molecule has 2 aromatic heterocycles. The lowest BCUT2D eigenvalue weighted by Crippen LogP contribution is -2.46. The molecule has 0 spiro atoms. The molecule has 0 N–H and O–H groups in total. The molecule has 3 aromatic rings. The van der Waals surface area contributed by atoms with Crippen LogP contribution in [-0.4, -0.2) is 53.5 Å². The highest BCUT2D eigenvalue weighted by molar-refractivity contribution is 6.07. The van der Waals surface area contributed by atoms with E-state index in [4.69, 9.17) is 0 Å². The molecular formula is C24H25N5O. The van der Waals surface area contributed by atoms with Gasteiger partial charge in [0.05, 0.1) is 11.3 Å². The van der Waals surface area contributed by atoms with Crippen LogP contribution in [0.3, 0.4) is 0 Å². The number of carbonyl (C=O) groups excluding carboxylic acids is 1. The van der Waals surface area contributed by atoms with Gasteiger partial charge in [0.2, 0.25) is 0 Å². The van der Waals surface area contributed by atoms with Crippen LogP contribution < -0.4 is 9.80 Å². The van der Waals surface area contributed by atoms with Crippen LogP contribution in [0.5, 0.6) is 0 Å². The van der Waals surface area contributed by atoms with Crippen LogP contribution in [0, 0.1) is 0 Å². The second-order valence-corrected chi connectivity index (χ2v) is 7.82. The number of benzene rings is 1. The number of hydrogen-bond acceptors (Lipinski definition) is 5. The molecule has 4 heterocycles. The third-order valence-corrected chi connectivity index (χ3v) is 5.94. The highest BCUT2D eigenvalue weighted by Crippen LogP contribution is 2.29. The zero-order valence-corrected chi connectivity index (χ0v) is 16.9. The topological polar surface area (TPSA) is 52.6 Å². The number of aromatic nitrogens is 2. The Labute approximate surface area is 176 Å². The molecule has 1 aromatic carbocycles. The number of hydrogen-bond donors (Lipinski definition) is 0. The fraction of sp³-hybridized carbons (Fsp3) is 0.292. The van der Waals surface area contributed by atoms with Crippen LogP contribution in [0.4, 0.5) is 11.5 Å². The molecule has 152 valence electrons. The standard InChI is InChI=1S/C24H25N5O/c30-24(29-12-10-19-5-1-2-7-22(19)29)20-8-9-23(26-17-20)28-15-13-27(14-16-28)18-21-6-3-4-11-25-21/h1-9,11,17H,10,12-16,18H2. The summed E-state index contributed by atoms with van der Waals surface area (Å²) in [5.74, 6) is 0.963. The summed E-state index contributed by atoms with van der Waals surface area (Å²) >= 11 is 0. The molecule has 30 heavy (non-hydrogen) atoms. The zero-order chi connectivity index (χ0) is 20.3. The summed E-state index contributed by atoms with van der Waals surface area (Å²) in [6, 6.07) is 18.1. The van der Waals surface area contributed by atoms with Crippen LogP contribution in [0.2, 0.25) is 0 Å². The van der Waals surface area contributed by atoms with Gasteiger partial charge in [-0.05, 0) is 42.3 Å². The quantitative estimate of drug-likeness (QED) is 0.675. The third kappa shape index (κ3) is 3.78. The maximum absolute atomic E-state index is 13.0. The van der Waals surface area contributed by atoms with Gasteiger partial charge in [0.1, 0.15) is 5.82 Å². The first-order chi connectivity index (χ1) is 14.8. The number of anilines is 2. The van der Waals surface area contributed by atoms with Crippen molar-refractivity contribution < 1.29 is 4.79 Å². The molecular weight excluding hydrogens is 374 g/mol. The van der Waals surface area contributed by atoms with E-state index in [1.807, 2.05) is 53.6 Å². The molecule has 6 heteroatoms. The summed E-state index contributed by atoms with van der Waals surface area (Å²) in [6.45, 7) is 5.41. The van der Waals surface area contributed by atoms with E-state index < -0.39 is 0 Å². The first kappa shape index (κ1) is 18.8. The Hall–Kier alpha value is -3.25. The number of amides is 1. The third-order valence-electron chi connectivity index (χ3n) is 5.94. The number of fused-ring (bicyclic) bond motifs is 1. The molecule has 0 unspecified atom stereocenters. The molecule has 1 saturated heterocycles. The van der Waals surface area contributed by atoms with Crippen LogP contribution in [0.25, 0.3) is 0 Å². The Morgan fingerprint density at radius 1 is 0.867 bits per heavy atom. The van der Waals surface area contributed by atoms with Gasteiger partial charge in [-0.3, -0.25) is 14.7 Å². The molecule has 0 radical (unpaired) electrons. The van der Waals surface area contributed by atoms with Gasteiger partial charge in [0.15, 0.2) is 0 Å². The summed E-state index contributed by atoms with van der Waals surface area (Å²) in [5.41, 5.74) is 4.01. The molecule has 1 amide bonds. The minimum atomic E-state index is 0.0270. The van der Waals surface area contributed by atoms with Gasteiger partial charge in [-0.1, -0.05) is 24.3 Å². The average Bonchev–Trinajstić information content (AvgIpc) is 3.24. The van der Waals surface area contributed by atoms with Crippen molar-refractivity contribution in [2.45, 2.75) is 13.0 Å². The normalized spacial score (nSPS) is 16.5. The number of nitrogens with zero attached hydrogens (tertiary/aromatic N) is 5. The lowest BCUT2D eigenvalue weighted by Gasteiger charge is -2.35. The lowest BCUT2D eigenvalue weighted by atomic mass is 10.2. The number of rotatable bonds is 4. The Morgan fingerprint density at radius 3 is 2.47 bits per heavy atom. The van der Waals surface area contributed by atoms with E-state index in [2.05, 4.69) is 31.9 Å². The SMILES string of the molecule is O=C(c1ccc(N2CCN(Cc3ccccn3)CC2)nc1)N1CCc2ccccc21. The molecule has 0 saturated carbocycles. The van der Waals surface area contributed by atoms with Gasteiger partial charge < -0.3 is 9.80 Å². The van der Waals surface area contributed by atoms with Crippen molar-refractivity contribution in [3.05, 3.63) is 83.8 Å². The molecule has 1 fully saturated rings. The first-order valence-corrected chi connectivity index (χ1v) is 10.5. The smallest absolute Gasteiger partial charge is 0.259 e. The monoisotopic (exact) mass is 399 g/mol. The van der Waals surface area contributed by atoms with Gasteiger partial charge in [-0.15, -0.1) is 0 Å². The van der Waals surface area contributed by atoms with Crippen LogP contribution in [0.15, 0.2) is 67.0 Å². The van der Waals surface area contributed by atoms with E-state index in [0.29, 0.717) is 5.56 Å². The largest absolute Gasteiger partial charge is 0.354 e. The summed E-state index contributed by atoms with van der Waals surface area (Å²) in [6.07, 6.45) is 4.48. The predicted octanol–water partition coefficient (Wildman–Crippen LogP) is 3.00. The van der Waals surface area contributed by atoms with Gasteiger partial charge in [-0.25, -0.2) is 4.98 Å². The van der Waals surface area contributed by atoms with E-state index in [9.17, 15) is 4.79 Å². The van der Waals surface area contributed by atoms with E-state index in [0.717, 1.165) is 62.9 Å². The van der Waals surface area contributed by atoms with Crippen molar-refractivity contribution in [1.82, 2.24) is 14.9 Å². The van der Waals surface area contributed by atoms with E-state index in [1.54, 1.807) is 6.20 Å². The van der Waals surface area contributed by atoms with E-state index in [1.165, 1.54) is 5.56 Å². The minimum absolute atomic E-state index is 0.0270. The van der Waals surface area contributed by atoms with E-state index >= 15 is 0 Å². The molecule has 6 nitrogen and oxygen atoms in total. The Kier molecular flexibility index (Phi) is 5.15. The maximum atomic E-state index is 13.0. The fourth-order valence-corrected chi connectivity index (χ4v) is 4.26. The first-order valence-electron chi connectivity index (χ1n) is 10.5. The van der Waals surface area contributed by atoms with Crippen molar-refractivity contribution in [2.24, 2.45) is 0 Å². The van der Waals surface area contributed by atoms with E-state index in [-0.39, 0.29) is 5.91 Å². The molecule has 5 rings (SSSR count). The molecule has 2 aliphatic rings. The van der Waals surface area contributed by atoms with Gasteiger partial charge in [-0.2, -0.15) is 0 Å². The Morgan fingerprint density at radius 2 is 1.70 bits per heavy atom. The van der Waals surface area contributed by atoms with Gasteiger partial charge in [0.25, 0.3) is 5.91 Å². The number of piperazine rings is 1. The average molecular weight is 399 g/mol. The molecule has 2 aliphatic heterocycles. The van der Waals surface area contributed by atoms with Crippen molar-refractivity contribution in [1.29, 1.82) is 0 Å². The second-order valence-electron chi connectivity index (χ2n) is 7.82. The lowest BCUT2D eigenvalue weighted by molar-refractivity contribution is 0.0989. The van der Waals surface area contributed by atoms with Crippen molar-refractivity contribution in [2.75, 3.05) is 42.5 Å². The highest BCUT2D eigenvalue weighted by Gasteiger charge is 2.25. The summed E-state index contributed by atoms with van der Waals surface area (Å²) in [4.78, 5) is 28.6. The molecule has 0 aliphatic carbocycles. The van der Waals surface area contributed by atoms with Crippen molar-refractivity contribution in [3.63, 3.8) is 0 Å². The maximum Gasteiger partial charge on any atom is 0.259 e.